The number of urea groups is 1. The van der Waals surface area contributed by atoms with Crippen molar-refractivity contribution >= 4 is 58.0 Å². The first-order chi connectivity index (χ1) is 13.2. The number of carbonyl (C=O) groups excluding carboxylic acids is 3. The largest absolute Gasteiger partial charge is 0.416 e. The Kier molecular flexibility index (Phi) is 5.49. The van der Waals surface area contributed by atoms with E-state index in [1.54, 1.807) is 24.3 Å². The molecule has 0 saturated carbocycles. The van der Waals surface area contributed by atoms with Crippen molar-refractivity contribution in [3.8, 4) is 0 Å². The SMILES string of the molecule is O=C1NC(=O)N(c2cccc(C(F)(F)F)c2)C(=O)[C@@H]1C=Nc1ccccc1I. The van der Waals surface area contributed by atoms with Crippen LogP contribution in [-0.4, -0.2) is 24.1 Å². The van der Waals surface area contributed by atoms with Gasteiger partial charge in [-0.15, -0.1) is 0 Å². The van der Waals surface area contributed by atoms with E-state index in [2.05, 4.69) is 4.99 Å². The topological polar surface area (TPSA) is 78.8 Å². The molecule has 1 atom stereocenters. The number of aliphatic imine (C=N–C) groups is 1. The lowest BCUT2D eigenvalue weighted by Gasteiger charge is -2.28. The van der Waals surface area contributed by atoms with Crippen LogP contribution < -0.4 is 10.2 Å². The summed E-state index contributed by atoms with van der Waals surface area (Å²) < 4.78 is 39.6. The van der Waals surface area contributed by atoms with Crippen molar-refractivity contribution in [2.45, 2.75) is 6.18 Å². The second-order valence-electron chi connectivity index (χ2n) is 5.72. The van der Waals surface area contributed by atoms with Crippen LogP contribution in [0, 0.1) is 9.49 Å². The zero-order valence-electron chi connectivity index (χ0n) is 13.9. The van der Waals surface area contributed by atoms with Gasteiger partial charge < -0.3 is 0 Å². The van der Waals surface area contributed by atoms with Gasteiger partial charge in [0, 0.05) is 9.78 Å². The minimum atomic E-state index is -4.65. The fourth-order valence-corrected chi connectivity index (χ4v) is 3.03. The van der Waals surface area contributed by atoms with Crippen molar-refractivity contribution in [2.75, 3.05) is 4.90 Å². The van der Waals surface area contributed by atoms with Gasteiger partial charge in [-0.05, 0) is 52.9 Å². The lowest BCUT2D eigenvalue weighted by molar-refractivity contribution is -0.138. The van der Waals surface area contributed by atoms with E-state index in [0.717, 1.165) is 21.9 Å². The average Bonchev–Trinajstić information content (AvgIpc) is 2.62. The molecule has 0 spiro atoms. The summed E-state index contributed by atoms with van der Waals surface area (Å²) in [5.41, 5.74) is -0.810. The molecule has 6 nitrogen and oxygen atoms in total. The van der Waals surface area contributed by atoms with E-state index in [4.69, 9.17) is 0 Å². The molecule has 4 amide bonds. The summed E-state index contributed by atoms with van der Waals surface area (Å²) in [5, 5.41) is 1.97. The smallest absolute Gasteiger partial charge is 0.276 e. The van der Waals surface area contributed by atoms with Gasteiger partial charge in [-0.2, -0.15) is 13.2 Å². The Morgan fingerprint density at radius 1 is 1.07 bits per heavy atom. The number of alkyl halides is 3. The highest BCUT2D eigenvalue weighted by atomic mass is 127. The zero-order chi connectivity index (χ0) is 20.5. The van der Waals surface area contributed by atoms with Crippen LogP contribution in [0.25, 0.3) is 0 Å². The Balaban J connectivity index is 1.94. The van der Waals surface area contributed by atoms with Gasteiger partial charge in [-0.25, -0.2) is 9.69 Å². The molecule has 144 valence electrons. The molecule has 1 N–H and O–H groups in total. The van der Waals surface area contributed by atoms with Crippen LogP contribution in [0.4, 0.5) is 29.3 Å². The number of imide groups is 2. The Morgan fingerprint density at radius 2 is 1.79 bits per heavy atom. The van der Waals surface area contributed by atoms with Crippen LogP contribution in [0.1, 0.15) is 5.56 Å². The summed E-state index contributed by atoms with van der Waals surface area (Å²) in [5.74, 6) is -3.33. The second-order valence-corrected chi connectivity index (χ2v) is 6.89. The van der Waals surface area contributed by atoms with Gasteiger partial charge in [-0.1, -0.05) is 18.2 Å². The Bertz CT molecular complexity index is 991. The monoisotopic (exact) mass is 501 g/mol. The number of halogens is 4. The first-order valence-corrected chi connectivity index (χ1v) is 8.91. The second kappa shape index (κ2) is 7.70. The lowest BCUT2D eigenvalue weighted by Crippen LogP contribution is -2.58. The van der Waals surface area contributed by atoms with Crippen molar-refractivity contribution in [1.29, 1.82) is 0 Å². The standard InChI is InChI=1S/C18H11F3IN3O3/c19-18(20,21)10-4-3-5-11(8-10)25-16(27)12(15(26)24-17(25)28)9-23-14-7-2-1-6-13(14)22/h1-9,12H,(H,24,26,28)/t12-/m1/s1. The highest BCUT2D eigenvalue weighted by Gasteiger charge is 2.41. The van der Waals surface area contributed by atoms with E-state index in [1.807, 2.05) is 27.9 Å². The van der Waals surface area contributed by atoms with E-state index in [0.29, 0.717) is 16.7 Å². The van der Waals surface area contributed by atoms with Gasteiger partial charge in [-0.3, -0.25) is 19.9 Å². The summed E-state index contributed by atoms with van der Waals surface area (Å²) in [6.45, 7) is 0. The predicted octanol–water partition coefficient (Wildman–Crippen LogP) is 3.91. The minimum Gasteiger partial charge on any atom is -0.276 e. The molecule has 28 heavy (non-hydrogen) atoms. The Labute approximate surface area is 170 Å². The summed E-state index contributed by atoms with van der Waals surface area (Å²) in [6, 6.07) is 9.56. The van der Waals surface area contributed by atoms with Crippen LogP contribution in [0.15, 0.2) is 53.5 Å². The van der Waals surface area contributed by atoms with E-state index in [1.165, 1.54) is 6.07 Å². The highest BCUT2D eigenvalue weighted by molar-refractivity contribution is 14.1. The van der Waals surface area contributed by atoms with Gasteiger partial charge in [0.25, 0.3) is 5.91 Å². The quantitative estimate of drug-likeness (QED) is 0.394. The van der Waals surface area contributed by atoms with E-state index in [-0.39, 0.29) is 5.69 Å². The Morgan fingerprint density at radius 3 is 2.46 bits per heavy atom. The minimum absolute atomic E-state index is 0.294. The maximum Gasteiger partial charge on any atom is 0.416 e. The lowest BCUT2D eigenvalue weighted by atomic mass is 10.1. The zero-order valence-corrected chi connectivity index (χ0v) is 16.1. The molecule has 1 aliphatic rings. The number of para-hydroxylation sites is 1. The molecule has 0 aliphatic carbocycles. The van der Waals surface area contributed by atoms with Gasteiger partial charge >= 0.3 is 12.2 Å². The maximum absolute atomic E-state index is 12.9. The van der Waals surface area contributed by atoms with Crippen molar-refractivity contribution in [1.82, 2.24) is 5.32 Å². The van der Waals surface area contributed by atoms with Crippen molar-refractivity contribution in [2.24, 2.45) is 10.9 Å². The summed E-state index contributed by atoms with van der Waals surface area (Å²) >= 11 is 2.02. The summed E-state index contributed by atoms with van der Waals surface area (Å²) in [4.78, 5) is 41.5. The number of barbiturate groups is 1. The molecular formula is C18H11F3IN3O3. The molecule has 1 saturated heterocycles. The normalized spacial score (nSPS) is 17.9. The number of amides is 4. The van der Waals surface area contributed by atoms with E-state index < -0.39 is 35.5 Å². The number of hydrogen-bond acceptors (Lipinski definition) is 4. The van der Waals surface area contributed by atoms with Gasteiger partial charge in [0.05, 0.1) is 16.9 Å². The molecular weight excluding hydrogens is 490 g/mol. The number of benzene rings is 2. The molecule has 3 rings (SSSR count). The first-order valence-electron chi connectivity index (χ1n) is 7.83. The third-order valence-corrected chi connectivity index (χ3v) is 4.76. The maximum atomic E-state index is 12.9. The third-order valence-electron chi connectivity index (χ3n) is 3.85. The highest BCUT2D eigenvalue weighted by Crippen LogP contribution is 2.32. The van der Waals surface area contributed by atoms with Crippen LogP contribution in [0.3, 0.4) is 0 Å². The molecule has 1 aliphatic heterocycles. The number of nitrogens with zero attached hydrogens (tertiary/aromatic N) is 2. The molecule has 0 aromatic heterocycles. The molecule has 0 bridgehead atoms. The molecule has 2 aromatic carbocycles. The Hall–Kier alpha value is -2.76. The number of carbonyl (C=O) groups is 3. The molecule has 1 heterocycles. The first kappa shape index (κ1) is 20.0. The predicted molar refractivity (Wildman–Crippen MR) is 103 cm³/mol. The van der Waals surface area contributed by atoms with Crippen LogP contribution in [-0.2, 0) is 15.8 Å². The molecule has 10 heteroatoms. The number of anilines is 1. The van der Waals surface area contributed by atoms with Crippen molar-refractivity contribution in [3.63, 3.8) is 0 Å². The van der Waals surface area contributed by atoms with Gasteiger partial charge in [0.1, 0.15) is 0 Å². The fraction of sp³-hybridized carbons (Fsp3) is 0.111. The molecule has 0 radical (unpaired) electrons. The third kappa shape index (κ3) is 4.06. The average molecular weight is 501 g/mol. The number of nitrogens with one attached hydrogen (secondary N) is 1. The van der Waals surface area contributed by atoms with Crippen LogP contribution in [0.5, 0.6) is 0 Å². The van der Waals surface area contributed by atoms with Gasteiger partial charge in [0.2, 0.25) is 5.91 Å². The summed E-state index contributed by atoms with van der Waals surface area (Å²) in [6.07, 6.45) is -3.58. The molecule has 0 unspecified atom stereocenters. The molecule has 2 aromatic rings. The van der Waals surface area contributed by atoms with E-state index in [9.17, 15) is 27.6 Å². The van der Waals surface area contributed by atoms with Crippen molar-refractivity contribution in [3.05, 3.63) is 57.7 Å². The van der Waals surface area contributed by atoms with Crippen molar-refractivity contribution < 1.29 is 27.6 Å². The number of rotatable bonds is 3. The summed E-state index contributed by atoms with van der Waals surface area (Å²) in [7, 11) is 0. The molecule has 1 fully saturated rings. The van der Waals surface area contributed by atoms with Gasteiger partial charge in [0.15, 0.2) is 5.92 Å². The number of hydrogen-bond donors (Lipinski definition) is 1. The fourth-order valence-electron chi connectivity index (χ4n) is 2.50. The van der Waals surface area contributed by atoms with Crippen LogP contribution in [0.2, 0.25) is 0 Å². The van der Waals surface area contributed by atoms with E-state index >= 15 is 0 Å². The van der Waals surface area contributed by atoms with Crippen LogP contribution >= 0.6 is 22.6 Å².